The predicted molar refractivity (Wildman–Crippen MR) is 97.6 cm³/mol. The maximum absolute atomic E-state index is 13.9. The van der Waals surface area contributed by atoms with Crippen molar-refractivity contribution in [2.24, 2.45) is 0 Å². The first-order valence-corrected chi connectivity index (χ1v) is 8.38. The molecule has 0 radical (unpaired) electrons. The van der Waals surface area contributed by atoms with Crippen LogP contribution in [0, 0.1) is 12.7 Å². The Bertz CT molecular complexity index is 910. The molecule has 2 aromatic carbocycles. The number of aryl methyl sites for hydroxylation is 1. The fourth-order valence-corrected chi connectivity index (χ4v) is 3.14. The SMILES string of the molecule is Cc1cc(N2CCc3ccccc3C2)nc(Nc2ccccc2F)n1. The van der Waals surface area contributed by atoms with E-state index in [-0.39, 0.29) is 5.82 Å². The highest BCUT2D eigenvalue weighted by Crippen LogP contribution is 2.25. The molecular formula is C20H19FN4. The van der Waals surface area contributed by atoms with Crippen molar-refractivity contribution >= 4 is 17.5 Å². The number of halogens is 1. The number of aromatic nitrogens is 2. The second kappa shape index (κ2) is 6.51. The van der Waals surface area contributed by atoms with Gasteiger partial charge < -0.3 is 10.2 Å². The van der Waals surface area contributed by atoms with Crippen LogP contribution >= 0.6 is 0 Å². The Labute approximate surface area is 146 Å². The van der Waals surface area contributed by atoms with Gasteiger partial charge in [-0.25, -0.2) is 9.37 Å². The highest BCUT2D eigenvalue weighted by molar-refractivity contribution is 5.56. The van der Waals surface area contributed by atoms with Gasteiger partial charge in [0.15, 0.2) is 0 Å². The lowest BCUT2D eigenvalue weighted by molar-refractivity contribution is 0.631. The smallest absolute Gasteiger partial charge is 0.229 e. The van der Waals surface area contributed by atoms with Crippen molar-refractivity contribution < 1.29 is 4.39 Å². The van der Waals surface area contributed by atoms with Crippen LogP contribution in [0.25, 0.3) is 0 Å². The molecule has 1 N–H and O–H groups in total. The molecule has 0 spiro atoms. The minimum absolute atomic E-state index is 0.318. The number of para-hydroxylation sites is 1. The maximum atomic E-state index is 13.9. The molecular weight excluding hydrogens is 315 g/mol. The number of anilines is 3. The van der Waals surface area contributed by atoms with E-state index in [0.717, 1.165) is 31.0 Å². The number of fused-ring (bicyclic) bond motifs is 1. The van der Waals surface area contributed by atoms with Gasteiger partial charge in [0, 0.05) is 24.8 Å². The van der Waals surface area contributed by atoms with Crippen LogP contribution in [0.3, 0.4) is 0 Å². The molecule has 1 aliphatic heterocycles. The van der Waals surface area contributed by atoms with Crippen molar-refractivity contribution in [3.8, 4) is 0 Å². The molecule has 25 heavy (non-hydrogen) atoms. The van der Waals surface area contributed by atoms with Gasteiger partial charge in [-0.3, -0.25) is 0 Å². The molecule has 5 heteroatoms. The first kappa shape index (κ1) is 15.6. The van der Waals surface area contributed by atoms with Crippen molar-refractivity contribution in [3.05, 3.63) is 77.2 Å². The Balaban J connectivity index is 1.61. The van der Waals surface area contributed by atoms with E-state index in [0.29, 0.717) is 11.6 Å². The zero-order valence-electron chi connectivity index (χ0n) is 14.0. The largest absolute Gasteiger partial charge is 0.352 e. The average molecular weight is 334 g/mol. The van der Waals surface area contributed by atoms with E-state index in [2.05, 4.69) is 44.5 Å². The molecule has 3 aromatic rings. The zero-order chi connectivity index (χ0) is 17.2. The molecule has 0 saturated heterocycles. The van der Waals surface area contributed by atoms with Crippen LogP contribution in [-0.4, -0.2) is 16.5 Å². The van der Waals surface area contributed by atoms with E-state index >= 15 is 0 Å². The van der Waals surface area contributed by atoms with Crippen LogP contribution in [0.15, 0.2) is 54.6 Å². The summed E-state index contributed by atoms with van der Waals surface area (Å²) in [7, 11) is 0. The molecule has 126 valence electrons. The lowest BCUT2D eigenvalue weighted by Gasteiger charge is -2.30. The standard InChI is InChI=1S/C20H19FN4/c1-14-12-19(25-11-10-15-6-2-3-7-16(15)13-25)24-20(22-14)23-18-9-5-4-8-17(18)21/h2-9,12H,10-11,13H2,1H3,(H,22,23,24). The fourth-order valence-electron chi connectivity index (χ4n) is 3.14. The monoisotopic (exact) mass is 334 g/mol. The van der Waals surface area contributed by atoms with E-state index in [1.54, 1.807) is 18.2 Å². The Hall–Kier alpha value is -2.95. The summed E-state index contributed by atoms with van der Waals surface area (Å²) in [5, 5.41) is 2.99. The predicted octanol–water partition coefficient (Wildman–Crippen LogP) is 4.23. The third-order valence-corrected chi connectivity index (χ3v) is 4.42. The molecule has 1 aromatic heterocycles. The van der Waals surface area contributed by atoms with Gasteiger partial charge in [0.1, 0.15) is 11.6 Å². The summed E-state index contributed by atoms with van der Waals surface area (Å²) in [4.78, 5) is 11.2. The Morgan fingerprint density at radius 3 is 2.60 bits per heavy atom. The van der Waals surface area contributed by atoms with Crippen LogP contribution in [-0.2, 0) is 13.0 Å². The molecule has 0 atom stereocenters. The molecule has 2 heterocycles. The molecule has 0 fully saturated rings. The molecule has 0 bridgehead atoms. The maximum Gasteiger partial charge on any atom is 0.229 e. The lowest BCUT2D eigenvalue weighted by Crippen LogP contribution is -2.31. The number of benzene rings is 2. The van der Waals surface area contributed by atoms with Crippen molar-refractivity contribution in [2.45, 2.75) is 19.9 Å². The van der Waals surface area contributed by atoms with Gasteiger partial charge in [0.2, 0.25) is 5.95 Å². The Morgan fingerprint density at radius 2 is 1.76 bits per heavy atom. The zero-order valence-corrected chi connectivity index (χ0v) is 14.0. The number of rotatable bonds is 3. The highest BCUT2D eigenvalue weighted by Gasteiger charge is 2.18. The van der Waals surface area contributed by atoms with Crippen molar-refractivity contribution in [1.29, 1.82) is 0 Å². The molecule has 4 nitrogen and oxygen atoms in total. The summed E-state index contributed by atoms with van der Waals surface area (Å²) in [5.41, 5.74) is 3.95. The van der Waals surface area contributed by atoms with Crippen molar-refractivity contribution in [2.75, 3.05) is 16.8 Å². The van der Waals surface area contributed by atoms with Crippen molar-refractivity contribution in [3.63, 3.8) is 0 Å². The second-order valence-electron chi connectivity index (χ2n) is 6.24. The summed E-state index contributed by atoms with van der Waals surface area (Å²) in [6, 6.07) is 17.0. The van der Waals surface area contributed by atoms with E-state index < -0.39 is 0 Å². The minimum atomic E-state index is -0.318. The van der Waals surface area contributed by atoms with Gasteiger partial charge in [0.25, 0.3) is 0 Å². The normalized spacial score (nSPS) is 13.4. The van der Waals surface area contributed by atoms with Crippen LogP contribution in [0.2, 0.25) is 0 Å². The molecule has 0 unspecified atom stereocenters. The second-order valence-corrected chi connectivity index (χ2v) is 6.24. The Kier molecular flexibility index (Phi) is 4.06. The van der Waals surface area contributed by atoms with Gasteiger partial charge in [0.05, 0.1) is 5.69 Å². The van der Waals surface area contributed by atoms with E-state index in [1.165, 1.54) is 17.2 Å². The summed E-state index contributed by atoms with van der Waals surface area (Å²) >= 11 is 0. The first-order valence-electron chi connectivity index (χ1n) is 8.38. The number of hydrogen-bond acceptors (Lipinski definition) is 4. The van der Waals surface area contributed by atoms with E-state index in [9.17, 15) is 4.39 Å². The van der Waals surface area contributed by atoms with Crippen LogP contribution in [0.4, 0.5) is 21.8 Å². The number of hydrogen-bond donors (Lipinski definition) is 1. The third-order valence-electron chi connectivity index (χ3n) is 4.42. The van der Waals surface area contributed by atoms with Crippen molar-refractivity contribution in [1.82, 2.24) is 9.97 Å². The quantitative estimate of drug-likeness (QED) is 0.778. The van der Waals surface area contributed by atoms with Gasteiger partial charge in [-0.1, -0.05) is 36.4 Å². The van der Waals surface area contributed by atoms with Gasteiger partial charge in [-0.05, 0) is 36.6 Å². The van der Waals surface area contributed by atoms with Gasteiger partial charge >= 0.3 is 0 Å². The summed E-state index contributed by atoms with van der Waals surface area (Å²) in [5.74, 6) is 0.959. The highest BCUT2D eigenvalue weighted by atomic mass is 19.1. The van der Waals surface area contributed by atoms with Crippen LogP contribution in [0.5, 0.6) is 0 Å². The molecule has 4 rings (SSSR count). The Morgan fingerprint density at radius 1 is 1.00 bits per heavy atom. The van der Waals surface area contributed by atoms with Crippen LogP contribution < -0.4 is 10.2 Å². The van der Waals surface area contributed by atoms with E-state index in [4.69, 9.17) is 0 Å². The lowest BCUT2D eigenvalue weighted by atomic mass is 10.00. The molecule has 1 aliphatic rings. The molecule has 0 saturated carbocycles. The van der Waals surface area contributed by atoms with Gasteiger partial charge in [-0.2, -0.15) is 4.98 Å². The minimum Gasteiger partial charge on any atom is -0.352 e. The number of nitrogens with one attached hydrogen (secondary N) is 1. The fraction of sp³-hybridized carbons (Fsp3) is 0.200. The summed E-state index contributed by atoms with van der Waals surface area (Å²) in [6.07, 6.45) is 0.995. The first-order chi connectivity index (χ1) is 12.2. The molecule has 0 amide bonds. The third kappa shape index (κ3) is 3.31. The number of nitrogens with zero attached hydrogens (tertiary/aromatic N) is 3. The van der Waals surface area contributed by atoms with Crippen LogP contribution in [0.1, 0.15) is 16.8 Å². The van der Waals surface area contributed by atoms with E-state index in [1.807, 2.05) is 13.0 Å². The summed E-state index contributed by atoms with van der Waals surface area (Å²) < 4.78 is 13.9. The molecule has 0 aliphatic carbocycles. The van der Waals surface area contributed by atoms with Gasteiger partial charge in [-0.15, -0.1) is 0 Å². The topological polar surface area (TPSA) is 41.1 Å². The summed E-state index contributed by atoms with van der Waals surface area (Å²) in [6.45, 7) is 3.66. The average Bonchev–Trinajstić information content (AvgIpc) is 2.63.